The zero-order valence-electron chi connectivity index (χ0n) is 11.2. The summed E-state index contributed by atoms with van der Waals surface area (Å²) in [5.41, 5.74) is 5.49. The first-order valence-corrected chi connectivity index (χ1v) is 7.24. The molecule has 2 bridgehead atoms. The number of amides is 1. The highest BCUT2D eigenvalue weighted by Crippen LogP contribution is 2.51. The number of benzene rings is 1. The van der Waals surface area contributed by atoms with Gasteiger partial charge in [0.05, 0.1) is 0 Å². The van der Waals surface area contributed by atoms with E-state index < -0.39 is 0 Å². The Balaban J connectivity index is 1.78. The third-order valence-electron chi connectivity index (χ3n) is 5.26. The first-order chi connectivity index (χ1) is 9.25. The lowest BCUT2D eigenvalue weighted by Gasteiger charge is -2.17. The van der Waals surface area contributed by atoms with Crippen LogP contribution in [-0.4, -0.2) is 22.3 Å². The Morgan fingerprint density at radius 3 is 2.74 bits per heavy atom. The summed E-state index contributed by atoms with van der Waals surface area (Å²) in [6, 6.07) is 10.7. The molecule has 3 aliphatic rings. The van der Waals surface area contributed by atoms with Gasteiger partial charge in [-0.25, -0.2) is 0 Å². The minimum atomic E-state index is 0.234. The number of hydrogen-bond acceptors (Lipinski definition) is 1. The van der Waals surface area contributed by atoms with E-state index in [0.717, 1.165) is 0 Å². The molecule has 0 spiro atoms. The molecule has 2 aliphatic carbocycles. The van der Waals surface area contributed by atoms with Gasteiger partial charge in [-0.3, -0.25) is 4.79 Å². The summed E-state index contributed by atoms with van der Waals surface area (Å²) in [5.74, 6) is 1.81. The van der Waals surface area contributed by atoms with Crippen molar-refractivity contribution < 1.29 is 9.48 Å². The molecule has 0 unspecified atom stereocenters. The average Bonchev–Trinajstić information content (AvgIpc) is 3.12. The normalized spacial score (nSPS) is 38.3. The number of carbonyl (C=O) groups is 1. The van der Waals surface area contributed by atoms with Crippen molar-refractivity contribution in [1.29, 1.82) is 0 Å². The molecule has 3 fully saturated rings. The molecule has 1 N–H and O–H groups in total. The van der Waals surface area contributed by atoms with Gasteiger partial charge in [-0.15, -0.1) is 10.1 Å². The third kappa shape index (κ3) is 1.50. The Morgan fingerprint density at radius 1 is 1.21 bits per heavy atom. The van der Waals surface area contributed by atoms with Crippen LogP contribution in [0.4, 0.5) is 0 Å². The molecule has 1 aromatic carbocycles. The maximum Gasteiger partial charge on any atom is 0.284 e. The monoisotopic (exact) mass is 255 g/mol. The van der Waals surface area contributed by atoms with Crippen LogP contribution in [0.1, 0.15) is 31.7 Å². The lowest BCUT2D eigenvalue weighted by Crippen LogP contribution is -2.37. The van der Waals surface area contributed by atoms with Crippen LogP contribution in [0.2, 0.25) is 0 Å². The predicted molar refractivity (Wildman–Crippen MR) is 72.7 cm³/mol. The second-order valence-electron chi connectivity index (χ2n) is 6.15. The van der Waals surface area contributed by atoms with Crippen molar-refractivity contribution in [3.63, 3.8) is 0 Å². The Morgan fingerprint density at radius 2 is 1.95 bits per heavy atom. The van der Waals surface area contributed by atoms with Gasteiger partial charge in [0, 0.05) is 18.4 Å². The molecular formula is C16H19N2O+. The fraction of sp³-hybridized carbons (Fsp3) is 0.500. The maximum absolute atomic E-state index is 12.2. The van der Waals surface area contributed by atoms with Gasteiger partial charge in [-0.1, -0.05) is 18.2 Å². The zero-order chi connectivity index (χ0) is 13.0. The van der Waals surface area contributed by atoms with Gasteiger partial charge in [0.15, 0.2) is 6.04 Å². The van der Waals surface area contributed by atoms with E-state index in [9.17, 15) is 4.79 Å². The van der Waals surface area contributed by atoms with Crippen LogP contribution in [0.3, 0.4) is 0 Å². The molecule has 1 saturated heterocycles. The number of carbonyl (C=O) groups excluding carboxylic acids is 1. The Hall–Kier alpha value is -1.64. The van der Waals surface area contributed by atoms with Crippen LogP contribution in [-0.2, 0) is 4.79 Å². The van der Waals surface area contributed by atoms with Gasteiger partial charge in [0.1, 0.15) is 5.92 Å². The maximum atomic E-state index is 12.2. The number of nitrogens with one attached hydrogen (secondary N) is 1. The molecule has 0 aromatic heterocycles. The number of hydrazine groups is 1. The standard InChI is InChI=1S/C16H18N2O/c1-10(11-5-3-2-4-6-11)18-15-13-8-7-12(9-13)14(15)16(19)17-18/h2-6,12-15H,7-9H2,1H3/p+1/b18-10+/t12-,13+,14+,15-/m1/s1. The SMILES string of the molecule is C/C(c1ccccc1)=[N+]1\NC(=O)[C@H]2[C@@H]3CC[C@@H](C3)[C@H]21. The van der Waals surface area contributed by atoms with Crippen molar-refractivity contribution in [2.75, 3.05) is 0 Å². The molecular weight excluding hydrogens is 236 g/mol. The lowest BCUT2D eigenvalue weighted by molar-refractivity contribution is -0.602. The van der Waals surface area contributed by atoms with Gasteiger partial charge in [-0.05, 0) is 37.3 Å². The Bertz CT molecular complexity index is 563. The van der Waals surface area contributed by atoms with E-state index in [-0.39, 0.29) is 11.8 Å². The molecule has 1 heterocycles. The van der Waals surface area contributed by atoms with Crippen molar-refractivity contribution in [1.82, 2.24) is 5.43 Å². The number of nitrogens with zero attached hydrogens (tertiary/aromatic N) is 1. The van der Waals surface area contributed by atoms with Crippen molar-refractivity contribution >= 4 is 11.6 Å². The van der Waals surface area contributed by atoms with Crippen LogP contribution < -0.4 is 5.43 Å². The van der Waals surface area contributed by atoms with Crippen molar-refractivity contribution in [3.05, 3.63) is 35.9 Å². The van der Waals surface area contributed by atoms with Gasteiger partial charge in [0.2, 0.25) is 5.71 Å². The molecule has 4 atom stereocenters. The van der Waals surface area contributed by atoms with E-state index in [2.05, 4.69) is 41.3 Å². The number of hydrazone groups is 1. The number of rotatable bonds is 1. The predicted octanol–water partition coefficient (Wildman–Crippen LogP) is 1.97. The summed E-state index contributed by atoms with van der Waals surface area (Å²) in [4.78, 5) is 12.2. The average molecular weight is 255 g/mol. The van der Waals surface area contributed by atoms with E-state index in [1.54, 1.807) is 0 Å². The Kier molecular flexibility index (Phi) is 2.32. The highest BCUT2D eigenvalue weighted by Gasteiger charge is 2.62. The molecule has 98 valence electrons. The smallest absolute Gasteiger partial charge is 0.269 e. The molecule has 1 aliphatic heterocycles. The summed E-state index contributed by atoms with van der Waals surface area (Å²) in [6.07, 6.45) is 3.79. The van der Waals surface area contributed by atoms with Crippen LogP contribution in [0, 0.1) is 17.8 Å². The summed E-state index contributed by atoms with van der Waals surface area (Å²) < 4.78 is 2.16. The van der Waals surface area contributed by atoms with E-state index in [0.29, 0.717) is 17.9 Å². The summed E-state index contributed by atoms with van der Waals surface area (Å²) in [7, 11) is 0. The molecule has 2 saturated carbocycles. The third-order valence-corrected chi connectivity index (χ3v) is 5.26. The fourth-order valence-electron chi connectivity index (χ4n) is 4.40. The van der Waals surface area contributed by atoms with Crippen molar-refractivity contribution in [2.45, 2.75) is 32.2 Å². The van der Waals surface area contributed by atoms with Crippen LogP contribution in [0.15, 0.2) is 30.3 Å². The van der Waals surface area contributed by atoms with E-state index in [4.69, 9.17) is 0 Å². The van der Waals surface area contributed by atoms with Gasteiger partial charge in [-0.2, -0.15) is 0 Å². The molecule has 19 heavy (non-hydrogen) atoms. The van der Waals surface area contributed by atoms with E-state index >= 15 is 0 Å². The first kappa shape index (κ1) is 11.2. The number of hydrogen-bond donors (Lipinski definition) is 1. The minimum Gasteiger partial charge on any atom is -0.269 e. The lowest BCUT2D eigenvalue weighted by atomic mass is 9.85. The largest absolute Gasteiger partial charge is 0.284 e. The molecule has 4 rings (SSSR count). The highest BCUT2D eigenvalue weighted by atomic mass is 16.2. The zero-order valence-corrected chi connectivity index (χ0v) is 11.2. The van der Waals surface area contributed by atoms with Gasteiger partial charge < -0.3 is 0 Å². The highest BCUT2D eigenvalue weighted by molar-refractivity contribution is 5.95. The van der Waals surface area contributed by atoms with Crippen molar-refractivity contribution in [3.8, 4) is 0 Å². The molecule has 3 heteroatoms. The number of fused-ring (bicyclic) bond motifs is 5. The minimum absolute atomic E-state index is 0.234. The van der Waals surface area contributed by atoms with E-state index in [1.807, 2.05) is 6.07 Å². The first-order valence-electron chi connectivity index (χ1n) is 7.24. The summed E-state index contributed by atoms with van der Waals surface area (Å²) in [6.45, 7) is 2.12. The molecule has 3 nitrogen and oxygen atoms in total. The topological polar surface area (TPSA) is 32.1 Å². The van der Waals surface area contributed by atoms with Gasteiger partial charge in [0.25, 0.3) is 5.91 Å². The van der Waals surface area contributed by atoms with Crippen LogP contribution >= 0.6 is 0 Å². The quantitative estimate of drug-likeness (QED) is 0.764. The molecule has 0 radical (unpaired) electrons. The summed E-state index contributed by atoms with van der Waals surface area (Å²) in [5, 5.41) is 0. The second-order valence-corrected chi connectivity index (χ2v) is 6.15. The second kappa shape index (κ2) is 3.92. The van der Waals surface area contributed by atoms with Gasteiger partial charge >= 0.3 is 0 Å². The van der Waals surface area contributed by atoms with E-state index in [1.165, 1.54) is 30.5 Å². The van der Waals surface area contributed by atoms with Crippen LogP contribution in [0.25, 0.3) is 0 Å². The fourth-order valence-corrected chi connectivity index (χ4v) is 4.40. The van der Waals surface area contributed by atoms with Crippen LogP contribution in [0.5, 0.6) is 0 Å². The van der Waals surface area contributed by atoms with Crippen molar-refractivity contribution in [2.24, 2.45) is 17.8 Å². The molecule has 1 aromatic rings. The summed E-state index contributed by atoms with van der Waals surface area (Å²) >= 11 is 0. The Labute approximate surface area is 113 Å². The molecule has 1 amide bonds.